The highest BCUT2D eigenvalue weighted by Crippen LogP contribution is 2.26. The lowest BCUT2D eigenvalue weighted by molar-refractivity contribution is -0.130. The van der Waals surface area contributed by atoms with E-state index in [1.165, 1.54) is 5.39 Å². The van der Waals surface area contributed by atoms with E-state index in [-0.39, 0.29) is 5.57 Å². The van der Waals surface area contributed by atoms with Crippen LogP contribution in [0.15, 0.2) is 73.3 Å². The first-order valence-corrected chi connectivity index (χ1v) is 6.67. The minimum Gasteiger partial charge on any atom is -0.478 e. The van der Waals surface area contributed by atoms with Gasteiger partial charge < -0.3 is 5.11 Å². The first kappa shape index (κ1) is 13.1. The van der Waals surface area contributed by atoms with Crippen molar-refractivity contribution < 1.29 is 9.90 Å². The SMILES string of the molecule is C=C(C(=O)O)c1cccc(-c2ccc3ccccc3c2)c1. The van der Waals surface area contributed by atoms with Gasteiger partial charge in [0.1, 0.15) is 0 Å². The van der Waals surface area contributed by atoms with Gasteiger partial charge in [-0.15, -0.1) is 0 Å². The lowest BCUT2D eigenvalue weighted by Gasteiger charge is -2.07. The normalized spacial score (nSPS) is 10.5. The van der Waals surface area contributed by atoms with E-state index in [2.05, 4.69) is 30.8 Å². The zero-order chi connectivity index (χ0) is 14.8. The molecule has 0 bridgehead atoms. The Balaban J connectivity index is 2.08. The van der Waals surface area contributed by atoms with Gasteiger partial charge in [0, 0.05) is 0 Å². The van der Waals surface area contributed by atoms with Crippen LogP contribution < -0.4 is 0 Å². The minimum absolute atomic E-state index is 0.109. The Morgan fingerprint density at radius 3 is 2.29 bits per heavy atom. The summed E-state index contributed by atoms with van der Waals surface area (Å²) in [6.45, 7) is 3.61. The number of hydrogen-bond donors (Lipinski definition) is 1. The maximum Gasteiger partial charge on any atom is 0.335 e. The fraction of sp³-hybridized carbons (Fsp3) is 0. The van der Waals surface area contributed by atoms with Crippen molar-refractivity contribution in [1.82, 2.24) is 0 Å². The summed E-state index contributed by atoms with van der Waals surface area (Å²) in [6, 6.07) is 21.8. The van der Waals surface area contributed by atoms with E-state index < -0.39 is 5.97 Å². The lowest BCUT2D eigenvalue weighted by Crippen LogP contribution is -1.97. The van der Waals surface area contributed by atoms with Crippen molar-refractivity contribution in [3.8, 4) is 11.1 Å². The molecule has 0 atom stereocenters. The highest BCUT2D eigenvalue weighted by molar-refractivity contribution is 6.14. The van der Waals surface area contributed by atoms with Crippen LogP contribution in [-0.4, -0.2) is 11.1 Å². The molecule has 0 aliphatic heterocycles. The molecule has 3 aromatic rings. The Kier molecular flexibility index (Phi) is 3.28. The van der Waals surface area contributed by atoms with Crippen LogP contribution in [0.5, 0.6) is 0 Å². The van der Waals surface area contributed by atoms with Gasteiger partial charge in [0.15, 0.2) is 0 Å². The van der Waals surface area contributed by atoms with Crippen LogP contribution in [0, 0.1) is 0 Å². The summed E-state index contributed by atoms with van der Waals surface area (Å²) in [5.41, 5.74) is 2.79. The van der Waals surface area contributed by atoms with Gasteiger partial charge in [-0.05, 0) is 39.6 Å². The predicted octanol–water partition coefficient (Wildman–Crippen LogP) is 4.60. The molecule has 3 rings (SSSR count). The maximum atomic E-state index is 11.0. The van der Waals surface area contributed by atoms with Crippen molar-refractivity contribution in [2.75, 3.05) is 0 Å². The van der Waals surface area contributed by atoms with Gasteiger partial charge in [0.05, 0.1) is 5.57 Å². The Labute approximate surface area is 123 Å². The Bertz CT molecular complexity index is 847. The summed E-state index contributed by atoms with van der Waals surface area (Å²) in [5, 5.41) is 11.4. The van der Waals surface area contributed by atoms with E-state index in [1.807, 2.05) is 36.4 Å². The lowest BCUT2D eigenvalue weighted by atomic mass is 9.98. The van der Waals surface area contributed by atoms with E-state index in [0.29, 0.717) is 5.56 Å². The molecule has 0 aliphatic rings. The standard InChI is InChI=1S/C19H14O2/c1-13(19(20)21)15-7-4-8-17(11-15)18-10-9-14-5-2-3-6-16(14)12-18/h2-12H,1H2,(H,20,21). The van der Waals surface area contributed by atoms with Crippen LogP contribution in [0.2, 0.25) is 0 Å². The molecule has 102 valence electrons. The predicted molar refractivity (Wildman–Crippen MR) is 86.1 cm³/mol. The molecule has 0 fully saturated rings. The third kappa shape index (κ3) is 2.56. The number of fused-ring (bicyclic) bond motifs is 1. The zero-order valence-corrected chi connectivity index (χ0v) is 11.4. The molecule has 0 aliphatic carbocycles. The number of carboxylic acid groups (broad SMARTS) is 1. The van der Waals surface area contributed by atoms with Crippen LogP contribution in [0.1, 0.15) is 5.56 Å². The molecule has 2 nitrogen and oxygen atoms in total. The van der Waals surface area contributed by atoms with Gasteiger partial charge >= 0.3 is 5.97 Å². The summed E-state index contributed by atoms with van der Waals surface area (Å²) in [5.74, 6) is -0.995. The zero-order valence-electron chi connectivity index (χ0n) is 11.4. The van der Waals surface area contributed by atoms with E-state index in [1.54, 1.807) is 6.07 Å². The summed E-state index contributed by atoms with van der Waals surface area (Å²) >= 11 is 0. The van der Waals surface area contributed by atoms with Crippen molar-refractivity contribution in [3.05, 3.63) is 78.9 Å². The van der Waals surface area contributed by atoms with Crippen molar-refractivity contribution in [2.45, 2.75) is 0 Å². The van der Waals surface area contributed by atoms with Crippen molar-refractivity contribution in [2.24, 2.45) is 0 Å². The smallest absolute Gasteiger partial charge is 0.335 e. The molecule has 21 heavy (non-hydrogen) atoms. The van der Waals surface area contributed by atoms with Crippen molar-refractivity contribution in [1.29, 1.82) is 0 Å². The third-order valence-electron chi connectivity index (χ3n) is 3.55. The molecule has 2 heteroatoms. The second-order valence-corrected chi connectivity index (χ2v) is 4.93. The number of aliphatic carboxylic acids is 1. The Morgan fingerprint density at radius 2 is 1.52 bits per heavy atom. The molecule has 0 aromatic heterocycles. The molecule has 0 unspecified atom stereocenters. The quantitative estimate of drug-likeness (QED) is 0.708. The molecule has 3 aromatic carbocycles. The van der Waals surface area contributed by atoms with E-state index in [0.717, 1.165) is 16.5 Å². The van der Waals surface area contributed by atoms with Crippen molar-refractivity contribution >= 4 is 22.3 Å². The average Bonchev–Trinajstić information content (AvgIpc) is 2.53. The van der Waals surface area contributed by atoms with Crippen LogP contribution in [0.4, 0.5) is 0 Å². The largest absolute Gasteiger partial charge is 0.478 e. The van der Waals surface area contributed by atoms with E-state index >= 15 is 0 Å². The number of carboxylic acids is 1. The number of carbonyl (C=O) groups is 1. The molecule has 1 N–H and O–H groups in total. The van der Waals surface area contributed by atoms with E-state index in [9.17, 15) is 4.79 Å². The molecule has 0 radical (unpaired) electrons. The molecule has 0 spiro atoms. The summed E-state index contributed by atoms with van der Waals surface area (Å²) in [7, 11) is 0. The number of rotatable bonds is 3. The highest BCUT2D eigenvalue weighted by atomic mass is 16.4. The van der Waals surface area contributed by atoms with Crippen LogP contribution in [0.3, 0.4) is 0 Å². The second-order valence-electron chi connectivity index (χ2n) is 4.93. The molecule has 0 amide bonds. The molecule has 0 saturated heterocycles. The van der Waals surface area contributed by atoms with Crippen molar-refractivity contribution in [3.63, 3.8) is 0 Å². The highest BCUT2D eigenvalue weighted by Gasteiger charge is 2.08. The monoisotopic (exact) mass is 274 g/mol. The van der Waals surface area contributed by atoms with Gasteiger partial charge in [-0.25, -0.2) is 4.79 Å². The Morgan fingerprint density at radius 1 is 0.810 bits per heavy atom. The van der Waals surface area contributed by atoms with Crippen LogP contribution in [0.25, 0.3) is 27.5 Å². The van der Waals surface area contributed by atoms with Gasteiger partial charge in [0.25, 0.3) is 0 Å². The number of hydrogen-bond acceptors (Lipinski definition) is 1. The van der Waals surface area contributed by atoms with Crippen LogP contribution in [-0.2, 0) is 4.79 Å². The molecular weight excluding hydrogens is 260 g/mol. The Hall–Kier alpha value is -2.87. The first-order chi connectivity index (χ1) is 10.1. The minimum atomic E-state index is -0.995. The topological polar surface area (TPSA) is 37.3 Å². The summed E-state index contributed by atoms with van der Waals surface area (Å²) < 4.78 is 0. The third-order valence-corrected chi connectivity index (χ3v) is 3.55. The number of benzene rings is 3. The van der Waals surface area contributed by atoms with Gasteiger partial charge in [-0.1, -0.05) is 61.2 Å². The van der Waals surface area contributed by atoms with Gasteiger partial charge in [-0.3, -0.25) is 0 Å². The first-order valence-electron chi connectivity index (χ1n) is 6.67. The molecule has 0 heterocycles. The summed E-state index contributed by atoms with van der Waals surface area (Å²) in [6.07, 6.45) is 0. The fourth-order valence-corrected chi connectivity index (χ4v) is 2.38. The van der Waals surface area contributed by atoms with Gasteiger partial charge in [-0.2, -0.15) is 0 Å². The second kappa shape index (κ2) is 5.25. The molecular formula is C19H14O2. The van der Waals surface area contributed by atoms with Crippen LogP contribution >= 0.6 is 0 Å². The molecule has 0 saturated carbocycles. The fourth-order valence-electron chi connectivity index (χ4n) is 2.38. The summed E-state index contributed by atoms with van der Waals surface area (Å²) in [4.78, 5) is 11.0. The van der Waals surface area contributed by atoms with E-state index in [4.69, 9.17) is 5.11 Å². The average molecular weight is 274 g/mol. The van der Waals surface area contributed by atoms with Gasteiger partial charge in [0.2, 0.25) is 0 Å². The maximum absolute atomic E-state index is 11.0.